The van der Waals surface area contributed by atoms with Crippen molar-refractivity contribution >= 4 is 72.0 Å². The third kappa shape index (κ3) is 5.06. The van der Waals surface area contributed by atoms with Gasteiger partial charge in [-0.2, -0.15) is 0 Å². The quantitative estimate of drug-likeness (QED) is 0.170. The summed E-state index contributed by atoms with van der Waals surface area (Å²) in [6.45, 7) is 5.26. The summed E-state index contributed by atoms with van der Waals surface area (Å²) in [5.41, 5.74) is 17.1. The van der Waals surface area contributed by atoms with Crippen molar-refractivity contribution in [2.45, 2.75) is 20.3 Å². The molecule has 4 heteroatoms. The molecule has 0 saturated carbocycles. The molecule has 0 atom stereocenters. The van der Waals surface area contributed by atoms with Gasteiger partial charge in [0.2, 0.25) is 0 Å². The van der Waals surface area contributed by atoms with Crippen LogP contribution in [0.15, 0.2) is 182 Å². The molecule has 10 aromatic rings. The number of benzene rings is 8. The molecule has 268 valence electrons. The number of aromatic nitrogens is 2. The molecule has 0 amide bonds. The molecule has 0 N–H and O–H groups in total. The van der Waals surface area contributed by atoms with E-state index in [0.29, 0.717) is 0 Å². The van der Waals surface area contributed by atoms with Gasteiger partial charge in [-0.3, -0.25) is 0 Å². The van der Waals surface area contributed by atoms with Crippen LogP contribution in [0.4, 0.5) is 28.4 Å². The lowest BCUT2D eigenvalue weighted by molar-refractivity contribution is 0.997. The maximum atomic E-state index is 2.49. The summed E-state index contributed by atoms with van der Waals surface area (Å²) in [4.78, 5) is 4.89. The number of nitrogens with zero attached hydrogens (tertiary/aromatic N) is 4. The van der Waals surface area contributed by atoms with Crippen LogP contribution in [-0.2, 0) is 6.42 Å². The predicted octanol–water partition coefficient (Wildman–Crippen LogP) is 13.7. The Hall–Kier alpha value is -7.04. The standard InChI is InChI=1S/C52H40N4/c1-35-17-21-39(22-18-35)54(41-25-28-50-46(33-41)43-15-9-10-16-49(43)55(50)40-23-19-36(2)20-24-40)42-26-29-51-47(34-42)44-27-30-48-45(31-32-53(48)37-11-5-3-6-12-37)52(44)56(51)38-13-7-4-8-14-38/h3-30,33-34H,31-32H2,1-2H3. The lowest BCUT2D eigenvalue weighted by Crippen LogP contribution is -2.12. The van der Waals surface area contributed by atoms with E-state index >= 15 is 0 Å². The highest BCUT2D eigenvalue weighted by Gasteiger charge is 2.27. The first-order chi connectivity index (χ1) is 27.6. The highest BCUT2D eigenvalue weighted by molar-refractivity contribution is 6.14. The molecule has 0 radical (unpaired) electrons. The highest BCUT2D eigenvalue weighted by Crippen LogP contribution is 2.46. The smallest absolute Gasteiger partial charge is 0.0594 e. The minimum Gasteiger partial charge on any atom is -0.341 e. The largest absolute Gasteiger partial charge is 0.341 e. The van der Waals surface area contributed by atoms with Crippen LogP contribution in [0.1, 0.15) is 16.7 Å². The molecule has 0 unspecified atom stereocenters. The highest BCUT2D eigenvalue weighted by atomic mass is 15.2. The molecule has 8 aromatic carbocycles. The molecule has 0 fully saturated rings. The second-order valence-corrected chi connectivity index (χ2v) is 15.1. The number of aryl methyl sites for hydroxylation is 2. The molecule has 11 rings (SSSR count). The van der Waals surface area contributed by atoms with Gasteiger partial charge in [-0.25, -0.2) is 0 Å². The summed E-state index contributed by atoms with van der Waals surface area (Å²) in [6.07, 6.45) is 0.989. The topological polar surface area (TPSA) is 16.3 Å². The molecule has 2 aromatic heterocycles. The van der Waals surface area contributed by atoms with Gasteiger partial charge in [0, 0.05) is 73.5 Å². The minimum absolute atomic E-state index is 0.962. The summed E-state index contributed by atoms with van der Waals surface area (Å²) in [7, 11) is 0. The zero-order chi connectivity index (χ0) is 37.3. The summed E-state index contributed by atoms with van der Waals surface area (Å²) in [5, 5.41) is 5.00. The Bertz CT molecular complexity index is 3080. The van der Waals surface area contributed by atoms with Gasteiger partial charge in [-0.1, -0.05) is 96.1 Å². The number of rotatable bonds is 6. The van der Waals surface area contributed by atoms with Crippen molar-refractivity contribution in [2.24, 2.45) is 0 Å². The lowest BCUT2D eigenvalue weighted by atomic mass is 10.1. The van der Waals surface area contributed by atoms with Gasteiger partial charge in [-0.05, 0) is 117 Å². The van der Waals surface area contributed by atoms with E-state index in [1.807, 2.05) is 0 Å². The molecule has 56 heavy (non-hydrogen) atoms. The molecule has 0 aliphatic carbocycles. The fourth-order valence-electron chi connectivity index (χ4n) is 9.07. The number of anilines is 5. The van der Waals surface area contributed by atoms with Crippen molar-refractivity contribution in [3.8, 4) is 11.4 Å². The normalized spacial score (nSPS) is 12.6. The fraction of sp³-hybridized carbons (Fsp3) is 0.0769. The molecule has 4 nitrogen and oxygen atoms in total. The molecule has 3 heterocycles. The molecule has 0 spiro atoms. The average Bonchev–Trinajstić information content (AvgIpc) is 3.93. The van der Waals surface area contributed by atoms with Gasteiger partial charge in [0.15, 0.2) is 0 Å². The Morgan fingerprint density at radius 3 is 1.64 bits per heavy atom. The zero-order valence-corrected chi connectivity index (χ0v) is 31.5. The van der Waals surface area contributed by atoms with E-state index in [1.165, 1.54) is 83.1 Å². The van der Waals surface area contributed by atoms with Gasteiger partial charge in [-0.15, -0.1) is 0 Å². The van der Waals surface area contributed by atoms with Crippen LogP contribution in [0.25, 0.3) is 55.0 Å². The van der Waals surface area contributed by atoms with Crippen molar-refractivity contribution in [3.63, 3.8) is 0 Å². The van der Waals surface area contributed by atoms with Gasteiger partial charge in [0.1, 0.15) is 0 Å². The predicted molar refractivity (Wildman–Crippen MR) is 236 cm³/mol. The molecular weight excluding hydrogens is 681 g/mol. The second-order valence-electron chi connectivity index (χ2n) is 15.1. The van der Waals surface area contributed by atoms with Gasteiger partial charge in [0.25, 0.3) is 0 Å². The van der Waals surface area contributed by atoms with E-state index in [9.17, 15) is 0 Å². The van der Waals surface area contributed by atoms with Crippen molar-refractivity contribution in [1.82, 2.24) is 9.13 Å². The average molecular weight is 721 g/mol. The Labute approximate surface area is 326 Å². The van der Waals surface area contributed by atoms with Crippen molar-refractivity contribution < 1.29 is 0 Å². The SMILES string of the molecule is Cc1ccc(N(c2ccc3c(c2)c2ccccc2n3-c2ccc(C)cc2)c2ccc3c(c2)c2ccc4c(c2n3-c2ccccc2)CCN4c2ccccc2)cc1. The summed E-state index contributed by atoms with van der Waals surface area (Å²) in [5.74, 6) is 0. The summed E-state index contributed by atoms with van der Waals surface area (Å²) < 4.78 is 4.88. The Morgan fingerprint density at radius 2 is 0.946 bits per heavy atom. The van der Waals surface area contributed by atoms with E-state index in [2.05, 4.69) is 215 Å². The summed E-state index contributed by atoms with van der Waals surface area (Å²) in [6, 6.07) is 66.9. The van der Waals surface area contributed by atoms with E-state index in [0.717, 1.165) is 30.0 Å². The number of para-hydroxylation sites is 3. The lowest BCUT2D eigenvalue weighted by Gasteiger charge is -2.26. The first-order valence-corrected chi connectivity index (χ1v) is 19.6. The summed E-state index contributed by atoms with van der Waals surface area (Å²) >= 11 is 0. The third-order valence-electron chi connectivity index (χ3n) is 11.7. The van der Waals surface area contributed by atoms with E-state index in [-0.39, 0.29) is 0 Å². The Kier molecular flexibility index (Phi) is 7.39. The molecule has 1 aliphatic heterocycles. The van der Waals surface area contributed by atoms with Gasteiger partial charge >= 0.3 is 0 Å². The van der Waals surface area contributed by atoms with E-state index in [1.54, 1.807) is 0 Å². The van der Waals surface area contributed by atoms with Crippen LogP contribution in [0.3, 0.4) is 0 Å². The Morgan fingerprint density at radius 1 is 0.411 bits per heavy atom. The first kappa shape index (κ1) is 32.4. The van der Waals surface area contributed by atoms with Crippen molar-refractivity contribution in [3.05, 3.63) is 199 Å². The van der Waals surface area contributed by atoms with Crippen molar-refractivity contribution in [2.75, 3.05) is 16.3 Å². The maximum absolute atomic E-state index is 2.49. The zero-order valence-electron chi connectivity index (χ0n) is 31.5. The molecule has 0 bridgehead atoms. The molecule has 0 saturated heterocycles. The van der Waals surface area contributed by atoms with Crippen LogP contribution < -0.4 is 9.80 Å². The van der Waals surface area contributed by atoms with Crippen LogP contribution in [0, 0.1) is 13.8 Å². The number of fused-ring (bicyclic) bond motifs is 8. The molecule has 1 aliphatic rings. The van der Waals surface area contributed by atoms with Crippen LogP contribution in [-0.4, -0.2) is 15.7 Å². The maximum Gasteiger partial charge on any atom is 0.0594 e. The third-order valence-corrected chi connectivity index (χ3v) is 11.7. The van der Waals surface area contributed by atoms with Gasteiger partial charge in [0.05, 0.1) is 22.1 Å². The molecular formula is C52H40N4. The number of hydrogen-bond donors (Lipinski definition) is 0. The Balaban J connectivity index is 1.13. The van der Waals surface area contributed by atoms with E-state index in [4.69, 9.17) is 0 Å². The van der Waals surface area contributed by atoms with Gasteiger partial charge < -0.3 is 18.9 Å². The van der Waals surface area contributed by atoms with Crippen LogP contribution >= 0.6 is 0 Å². The van der Waals surface area contributed by atoms with Crippen LogP contribution in [0.2, 0.25) is 0 Å². The fourth-order valence-corrected chi connectivity index (χ4v) is 9.07. The number of hydrogen-bond acceptors (Lipinski definition) is 2. The van der Waals surface area contributed by atoms with Crippen LogP contribution in [0.5, 0.6) is 0 Å². The van der Waals surface area contributed by atoms with E-state index < -0.39 is 0 Å². The monoisotopic (exact) mass is 720 g/mol. The van der Waals surface area contributed by atoms with Crippen molar-refractivity contribution in [1.29, 1.82) is 0 Å². The first-order valence-electron chi connectivity index (χ1n) is 19.6. The second kappa shape index (κ2) is 12.8. The minimum atomic E-state index is 0.962.